The van der Waals surface area contributed by atoms with Gasteiger partial charge in [-0.05, 0) is 26.2 Å². The Balaban J connectivity index is 2.16. The van der Waals surface area contributed by atoms with E-state index >= 15 is 0 Å². The summed E-state index contributed by atoms with van der Waals surface area (Å²) in [6.07, 6.45) is 12.2. The van der Waals surface area contributed by atoms with E-state index in [0.29, 0.717) is 24.0 Å². The molecule has 164 valence electrons. The minimum absolute atomic E-state index is 0.00375. The lowest BCUT2D eigenvalue weighted by molar-refractivity contribution is -0.140. The highest BCUT2D eigenvalue weighted by atomic mass is 16.5. The second kappa shape index (κ2) is 14.0. The summed E-state index contributed by atoms with van der Waals surface area (Å²) >= 11 is 0. The lowest BCUT2D eigenvalue weighted by Crippen LogP contribution is -2.25. The summed E-state index contributed by atoms with van der Waals surface area (Å²) in [4.78, 5) is 35.9. The number of carbonyl (C=O) groups is 3. The maximum atomic E-state index is 12.6. The van der Waals surface area contributed by atoms with E-state index in [1.165, 1.54) is 53.4 Å². The molecule has 0 atom stereocenters. The van der Waals surface area contributed by atoms with E-state index < -0.39 is 0 Å². The van der Waals surface area contributed by atoms with Crippen LogP contribution in [0.3, 0.4) is 0 Å². The van der Waals surface area contributed by atoms with Crippen LogP contribution >= 0.6 is 0 Å². The molecule has 0 aromatic heterocycles. The maximum Gasteiger partial charge on any atom is 0.305 e. The van der Waals surface area contributed by atoms with Crippen molar-refractivity contribution in [3.8, 4) is 0 Å². The van der Waals surface area contributed by atoms with Crippen LogP contribution < -0.4 is 0 Å². The molecule has 0 aliphatic heterocycles. The van der Waals surface area contributed by atoms with Crippen LogP contribution in [0, 0.1) is 0 Å². The van der Waals surface area contributed by atoms with E-state index in [9.17, 15) is 14.4 Å². The van der Waals surface area contributed by atoms with Crippen molar-refractivity contribution in [2.45, 2.75) is 84.0 Å². The second-order valence-electron chi connectivity index (χ2n) is 7.44. The number of unbranched alkanes of at least 4 members (excludes halogenated alkanes) is 9. The zero-order chi connectivity index (χ0) is 21.6. The Bertz CT molecular complexity index is 629. The zero-order valence-electron chi connectivity index (χ0n) is 18.4. The second-order valence-corrected chi connectivity index (χ2v) is 7.44. The molecule has 0 amide bonds. The fourth-order valence-corrected chi connectivity index (χ4v) is 3.58. The third-order valence-corrected chi connectivity index (χ3v) is 5.38. The third kappa shape index (κ3) is 8.03. The standard InChI is InChI=1S/C23H36O6/c1-17-18(21(26)23(29-4)22(28-3)20(17)25)15-13-11-9-7-5-6-8-10-12-14-16-19(24)27-2/h5-16H2,1-4H3. The van der Waals surface area contributed by atoms with Gasteiger partial charge in [0.2, 0.25) is 23.1 Å². The molecule has 0 saturated carbocycles. The van der Waals surface area contributed by atoms with E-state index in [0.717, 1.165) is 32.1 Å². The molecule has 0 radical (unpaired) electrons. The fraction of sp³-hybridized carbons (Fsp3) is 0.696. The van der Waals surface area contributed by atoms with Gasteiger partial charge in [0, 0.05) is 17.6 Å². The maximum absolute atomic E-state index is 12.6. The molecule has 0 saturated heterocycles. The Morgan fingerprint density at radius 3 is 1.62 bits per heavy atom. The largest absolute Gasteiger partial charge is 0.489 e. The van der Waals surface area contributed by atoms with Crippen LogP contribution in [0.5, 0.6) is 0 Å². The first-order valence-corrected chi connectivity index (χ1v) is 10.7. The first kappa shape index (κ1) is 24.9. The number of hydrogen-bond donors (Lipinski definition) is 0. The van der Waals surface area contributed by atoms with Gasteiger partial charge >= 0.3 is 5.97 Å². The summed E-state index contributed by atoms with van der Waals surface area (Å²) in [5.74, 6) is -0.586. The molecule has 0 unspecified atom stereocenters. The Hall–Kier alpha value is -2.11. The molecule has 6 nitrogen and oxygen atoms in total. The van der Waals surface area contributed by atoms with E-state index in [1.807, 2.05) is 0 Å². The van der Waals surface area contributed by atoms with Crippen LogP contribution in [-0.4, -0.2) is 38.9 Å². The average molecular weight is 409 g/mol. The number of ketones is 2. The summed E-state index contributed by atoms with van der Waals surface area (Å²) < 4.78 is 14.8. The lowest BCUT2D eigenvalue weighted by atomic mass is 9.89. The van der Waals surface area contributed by atoms with Crippen molar-refractivity contribution in [1.82, 2.24) is 0 Å². The van der Waals surface area contributed by atoms with Crippen molar-refractivity contribution < 1.29 is 28.6 Å². The summed E-state index contributed by atoms with van der Waals surface area (Å²) in [5.41, 5.74) is 1.03. The van der Waals surface area contributed by atoms with Gasteiger partial charge in [-0.1, -0.05) is 51.4 Å². The Morgan fingerprint density at radius 2 is 1.14 bits per heavy atom. The summed E-state index contributed by atoms with van der Waals surface area (Å²) in [6, 6.07) is 0. The molecule has 1 rings (SSSR count). The minimum atomic E-state index is -0.259. The molecule has 6 heteroatoms. The molecular formula is C23H36O6. The number of ether oxygens (including phenoxy) is 3. The molecular weight excluding hydrogens is 372 g/mol. The van der Waals surface area contributed by atoms with Crippen molar-refractivity contribution >= 4 is 17.5 Å². The number of methoxy groups -OCH3 is 3. The van der Waals surface area contributed by atoms with Crippen LogP contribution in [0.4, 0.5) is 0 Å². The lowest BCUT2D eigenvalue weighted by Gasteiger charge is -2.20. The quantitative estimate of drug-likeness (QED) is 0.220. The summed E-state index contributed by atoms with van der Waals surface area (Å²) in [6.45, 7) is 1.69. The number of allylic oxidation sites excluding steroid dienone is 2. The van der Waals surface area contributed by atoms with Crippen LogP contribution in [0.2, 0.25) is 0 Å². The highest BCUT2D eigenvalue weighted by Crippen LogP contribution is 2.28. The van der Waals surface area contributed by atoms with Gasteiger partial charge in [-0.25, -0.2) is 0 Å². The predicted molar refractivity (Wildman–Crippen MR) is 111 cm³/mol. The van der Waals surface area contributed by atoms with E-state index in [1.54, 1.807) is 6.92 Å². The summed E-state index contributed by atoms with van der Waals surface area (Å²) in [7, 11) is 4.19. The normalized spacial score (nSPS) is 14.5. The van der Waals surface area contributed by atoms with Gasteiger partial charge in [0.15, 0.2) is 0 Å². The Kier molecular flexibility index (Phi) is 12.0. The molecule has 0 spiro atoms. The molecule has 1 aliphatic carbocycles. The highest BCUT2D eigenvalue weighted by molar-refractivity contribution is 6.23. The van der Waals surface area contributed by atoms with Crippen LogP contribution in [0.15, 0.2) is 22.7 Å². The van der Waals surface area contributed by atoms with Crippen LogP contribution in [-0.2, 0) is 28.6 Å². The van der Waals surface area contributed by atoms with Gasteiger partial charge in [-0.15, -0.1) is 0 Å². The van der Waals surface area contributed by atoms with Crippen molar-refractivity contribution in [2.75, 3.05) is 21.3 Å². The summed E-state index contributed by atoms with van der Waals surface area (Å²) in [5, 5.41) is 0. The number of Topliss-reactive ketones (excluding diaryl/α,β-unsaturated/α-hetero) is 2. The zero-order valence-corrected chi connectivity index (χ0v) is 18.4. The third-order valence-electron chi connectivity index (χ3n) is 5.38. The SMILES string of the molecule is COC(=O)CCCCCCCCCCCCC1=C(C)C(=O)C(OC)=C(OC)C1=O. The van der Waals surface area contributed by atoms with Crippen molar-refractivity contribution in [1.29, 1.82) is 0 Å². The van der Waals surface area contributed by atoms with Gasteiger partial charge in [0.25, 0.3) is 0 Å². The van der Waals surface area contributed by atoms with Gasteiger partial charge in [-0.3, -0.25) is 14.4 Å². The van der Waals surface area contributed by atoms with Crippen molar-refractivity contribution in [2.24, 2.45) is 0 Å². The fourth-order valence-electron chi connectivity index (χ4n) is 3.58. The molecule has 0 heterocycles. The molecule has 1 aliphatic rings. The number of carbonyl (C=O) groups excluding carboxylic acids is 3. The first-order chi connectivity index (χ1) is 14.0. The molecule has 0 N–H and O–H groups in total. The van der Waals surface area contributed by atoms with E-state index in [2.05, 4.69) is 4.74 Å². The Morgan fingerprint density at radius 1 is 0.690 bits per heavy atom. The van der Waals surface area contributed by atoms with Gasteiger partial charge in [0.05, 0.1) is 21.3 Å². The minimum Gasteiger partial charge on any atom is -0.489 e. The van der Waals surface area contributed by atoms with Crippen LogP contribution in [0.1, 0.15) is 84.0 Å². The van der Waals surface area contributed by atoms with Crippen molar-refractivity contribution in [3.05, 3.63) is 22.7 Å². The molecule has 0 fully saturated rings. The smallest absolute Gasteiger partial charge is 0.305 e. The monoisotopic (exact) mass is 408 g/mol. The predicted octanol–water partition coefficient (Wildman–Crippen LogP) is 4.81. The first-order valence-electron chi connectivity index (χ1n) is 10.7. The number of rotatable bonds is 15. The topological polar surface area (TPSA) is 78.9 Å². The molecule has 0 aromatic rings. The number of esters is 1. The molecule has 29 heavy (non-hydrogen) atoms. The van der Waals surface area contributed by atoms with Crippen molar-refractivity contribution in [3.63, 3.8) is 0 Å². The van der Waals surface area contributed by atoms with Gasteiger partial charge < -0.3 is 14.2 Å². The van der Waals surface area contributed by atoms with E-state index in [4.69, 9.17) is 9.47 Å². The van der Waals surface area contributed by atoms with E-state index in [-0.39, 0.29) is 29.1 Å². The Labute approximate surface area is 174 Å². The average Bonchev–Trinajstić information content (AvgIpc) is 2.72. The van der Waals surface area contributed by atoms with Crippen LogP contribution in [0.25, 0.3) is 0 Å². The highest BCUT2D eigenvalue weighted by Gasteiger charge is 2.34. The molecule has 0 bridgehead atoms. The number of hydrogen-bond acceptors (Lipinski definition) is 6. The van der Waals surface area contributed by atoms with Gasteiger partial charge in [0.1, 0.15) is 0 Å². The van der Waals surface area contributed by atoms with Gasteiger partial charge in [-0.2, -0.15) is 0 Å². The molecule has 0 aromatic carbocycles.